The van der Waals surface area contributed by atoms with E-state index in [4.69, 9.17) is 18.9 Å². The lowest BCUT2D eigenvalue weighted by molar-refractivity contribution is -0.141. The third-order valence-electron chi connectivity index (χ3n) is 6.24. The Morgan fingerprint density at radius 3 is 2.55 bits per heavy atom. The number of ether oxygens (including phenoxy) is 4. The van der Waals surface area contributed by atoms with E-state index in [1.807, 2.05) is 6.92 Å². The van der Waals surface area contributed by atoms with Crippen molar-refractivity contribution in [1.82, 2.24) is 0 Å². The van der Waals surface area contributed by atoms with E-state index < -0.39 is 17.7 Å². The zero-order valence-corrected chi connectivity index (χ0v) is 19.8. The van der Waals surface area contributed by atoms with Crippen LogP contribution >= 0.6 is 0 Å². The predicted molar refractivity (Wildman–Crippen MR) is 122 cm³/mol. The number of carbonyl (C=O) groups is 2. The number of allylic oxidation sites excluding steroid dienone is 3. The number of rotatable bonds is 6. The zero-order chi connectivity index (χ0) is 23.8. The number of ketones is 1. The number of hydrogen-bond acceptors (Lipinski definition) is 7. The van der Waals surface area contributed by atoms with Crippen LogP contribution in [0.15, 0.2) is 23.5 Å². The molecule has 0 amide bonds. The summed E-state index contributed by atoms with van der Waals surface area (Å²) in [6.07, 6.45) is 4.84. The molecular weight excluding hydrogens is 424 g/mol. The highest BCUT2D eigenvalue weighted by Crippen LogP contribution is 2.51. The molecule has 178 valence electrons. The van der Waals surface area contributed by atoms with Crippen molar-refractivity contribution in [2.45, 2.75) is 77.9 Å². The molecule has 4 rings (SSSR count). The van der Waals surface area contributed by atoms with Gasteiger partial charge in [-0.05, 0) is 51.7 Å². The van der Waals surface area contributed by atoms with Gasteiger partial charge in [-0.15, -0.1) is 0 Å². The average molecular weight is 457 g/mol. The molecule has 1 aromatic carbocycles. The normalized spacial score (nSPS) is 19.8. The molecule has 0 aromatic heterocycles. The largest absolute Gasteiger partial charge is 0.492 e. The Kier molecular flexibility index (Phi) is 6.52. The lowest BCUT2D eigenvalue weighted by atomic mass is 9.85. The first-order valence-corrected chi connectivity index (χ1v) is 11.7. The van der Waals surface area contributed by atoms with Crippen molar-refractivity contribution in [1.29, 1.82) is 0 Å². The van der Waals surface area contributed by atoms with Crippen LogP contribution in [0, 0.1) is 0 Å². The minimum absolute atomic E-state index is 0.0992. The monoisotopic (exact) mass is 456 g/mol. The Labute approximate surface area is 194 Å². The maximum Gasteiger partial charge on any atom is 0.374 e. The van der Waals surface area contributed by atoms with Crippen LogP contribution in [-0.4, -0.2) is 41.8 Å². The molecule has 3 aliphatic rings. The van der Waals surface area contributed by atoms with Crippen molar-refractivity contribution in [2.24, 2.45) is 0 Å². The summed E-state index contributed by atoms with van der Waals surface area (Å²) < 4.78 is 23.6. The van der Waals surface area contributed by atoms with Gasteiger partial charge in [-0.3, -0.25) is 4.79 Å². The molecule has 33 heavy (non-hydrogen) atoms. The summed E-state index contributed by atoms with van der Waals surface area (Å²) in [6, 6.07) is 1.77. The van der Waals surface area contributed by atoms with Crippen molar-refractivity contribution in [3.8, 4) is 17.2 Å². The van der Waals surface area contributed by atoms with Gasteiger partial charge in [0.15, 0.2) is 0 Å². The number of Topliss-reactive ketones (excluding diaryl/α,β-unsaturated/α-hetero) is 1. The van der Waals surface area contributed by atoms with Crippen LogP contribution in [0.2, 0.25) is 0 Å². The average Bonchev–Trinajstić information content (AvgIpc) is 3.21. The topological polar surface area (TPSA) is 91.3 Å². The molecule has 1 aliphatic carbocycles. The highest BCUT2D eigenvalue weighted by Gasteiger charge is 2.40. The van der Waals surface area contributed by atoms with Gasteiger partial charge in [0.1, 0.15) is 29.1 Å². The standard InChI is InChI=1S/C26H32O7/c1-5-11-31-24-18-13-22(26(3,4)29)33-19(18)14-20-23(24)17(15-7-9-16(27)10-8-15)12-21(32-20)25(28)30-6-2/h12,14,22,29H,5-11,13H2,1-4H3. The van der Waals surface area contributed by atoms with E-state index in [2.05, 4.69) is 0 Å². The summed E-state index contributed by atoms with van der Waals surface area (Å²) in [4.78, 5) is 24.5. The fourth-order valence-electron chi connectivity index (χ4n) is 4.46. The van der Waals surface area contributed by atoms with Crippen LogP contribution in [0.5, 0.6) is 17.2 Å². The molecule has 7 nitrogen and oxygen atoms in total. The molecular formula is C26H32O7. The van der Waals surface area contributed by atoms with Gasteiger partial charge < -0.3 is 24.1 Å². The molecule has 2 heterocycles. The number of benzene rings is 1. The lowest BCUT2D eigenvalue weighted by Crippen LogP contribution is -2.39. The van der Waals surface area contributed by atoms with Crippen LogP contribution in [0.25, 0.3) is 5.57 Å². The van der Waals surface area contributed by atoms with Gasteiger partial charge in [0.25, 0.3) is 0 Å². The fraction of sp³-hybridized carbons (Fsp3) is 0.538. The minimum atomic E-state index is -1.04. The molecule has 1 atom stereocenters. The van der Waals surface area contributed by atoms with Gasteiger partial charge in [-0.25, -0.2) is 4.79 Å². The molecule has 7 heteroatoms. The van der Waals surface area contributed by atoms with Gasteiger partial charge in [-0.1, -0.05) is 12.5 Å². The second-order valence-corrected chi connectivity index (χ2v) is 9.26. The van der Waals surface area contributed by atoms with E-state index in [1.54, 1.807) is 32.9 Å². The number of carbonyl (C=O) groups excluding carboxylic acids is 2. The number of fused-ring (bicyclic) bond motifs is 2. The SMILES string of the molecule is CCCOc1c2c(cc3c1C(=C1CCC(=O)CC1)C=C(C(=O)OCC)O3)OC(C(C)(C)O)C2. The Morgan fingerprint density at radius 1 is 1.18 bits per heavy atom. The Balaban J connectivity index is 1.88. The van der Waals surface area contributed by atoms with Crippen molar-refractivity contribution >= 4 is 17.3 Å². The second-order valence-electron chi connectivity index (χ2n) is 9.26. The van der Waals surface area contributed by atoms with Crippen LogP contribution in [0.3, 0.4) is 0 Å². The van der Waals surface area contributed by atoms with Gasteiger partial charge in [0.2, 0.25) is 5.76 Å². The van der Waals surface area contributed by atoms with E-state index in [0.717, 1.165) is 28.7 Å². The molecule has 0 saturated heterocycles. The summed E-state index contributed by atoms with van der Waals surface area (Å²) in [6.45, 7) is 7.96. The van der Waals surface area contributed by atoms with Gasteiger partial charge in [-0.2, -0.15) is 0 Å². The zero-order valence-electron chi connectivity index (χ0n) is 19.8. The highest BCUT2D eigenvalue weighted by atomic mass is 16.6. The number of hydrogen-bond donors (Lipinski definition) is 1. The van der Waals surface area contributed by atoms with Crippen molar-refractivity contribution < 1.29 is 33.6 Å². The molecule has 1 fully saturated rings. The first kappa shape index (κ1) is 23.4. The van der Waals surface area contributed by atoms with Crippen molar-refractivity contribution in [3.63, 3.8) is 0 Å². The van der Waals surface area contributed by atoms with E-state index in [9.17, 15) is 14.7 Å². The molecule has 0 spiro atoms. The molecule has 0 radical (unpaired) electrons. The number of esters is 1. The molecule has 1 N–H and O–H groups in total. The summed E-state index contributed by atoms with van der Waals surface area (Å²) >= 11 is 0. The molecule has 0 bridgehead atoms. The quantitative estimate of drug-likeness (QED) is 0.639. The molecule has 1 saturated carbocycles. The first-order valence-electron chi connectivity index (χ1n) is 11.7. The highest BCUT2D eigenvalue weighted by molar-refractivity contribution is 5.97. The van der Waals surface area contributed by atoms with Crippen LogP contribution < -0.4 is 14.2 Å². The maximum absolute atomic E-state index is 12.6. The number of aliphatic hydroxyl groups is 1. The van der Waals surface area contributed by atoms with Crippen molar-refractivity contribution in [3.05, 3.63) is 34.6 Å². The van der Waals surface area contributed by atoms with E-state index in [-0.39, 0.29) is 18.1 Å². The molecule has 1 unspecified atom stereocenters. The van der Waals surface area contributed by atoms with Gasteiger partial charge >= 0.3 is 5.97 Å². The summed E-state index contributed by atoms with van der Waals surface area (Å²) in [5.41, 5.74) is 2.57. The van der Waals surface area contributed by atoms with Crippen LogP contribution in [0.1, 0.15) is 70.9 Å². The van der Waals surface area contributed by atoms with Gasteiger partial charge in [0, 0.05) is 30.9 Å². The van der Waals surface area contributed by atoms with Crippen molar-refractivity contribution in [2.75, 3.05) is 13.2 Å². The Morgan fingerprint density at radius 2 is 1.91 bits per heavy atom. The third-order valence-corrected chi connectivity index (χ3v) is 6.24. The van der Waals surface area contributed by atoms with E-state index in [1.165, 1.54) is 0 Å². The summed E-state index contributed by atoms with van der Waals surface area (Å²) in [7, 11) is 0. The first-order chi connectivity index (χ1) is 15.7. The summed E-state index contributed by atoms with van der Waals surface area (Å²) in [5.74, 6) is 1.51. The third kappa shape index (κ3) is 4.64. The smallest absolute Gasteiger partial charge is 0.374 e. The van der Waals surface area contributed by atoms with Gasteiger partial charge in [0.05, 0.1) is 24.4 Å². The second kappa shape index (κ2) is 9.21. The Bertz CT molecular complexity index is 1010. The van der Waals surface area contributed by atoms with Crippen LogP contribution in [-0.2, 0) is 20.7 Å². The maximum atomic E-state index is 12.6. The van der Waals surface area contributed by atoms with E-state index >= 15 is 0 Å². The van der Waals surface area contributed by atoms with E-state index in [0.29, 0.717) is 56.0 Å². The fourth-order valence-corrected chi connectivity index (χ4v) is 4.46. The summed E-state index contributed by atoms with van der Waals surface area (Å²) in [5, 5.41) is 10.6. The minimum Gasteiger partial charge on any atom is -0.492 e. The Hall–Kier alpha value is -2.80. The molecule has 2 aliphatic heterocycles. The lowest BCUT2D eigenvalue weighted by Gasteiger charge is -2.27. The molecule has 1 aromatic rings. The predicted octanol–water partition coefficient (Wildman–Crippen LogP) is 4.29. The van der Waals surface area contributed by atoms with Crippen LogP contribution in [0.4, 0.5) is 0 Å².